The Morgan fingerprint density at radius 3 is 2.77 bits per heavy atom. The minimum absolute atomic E-state index is 0.00450. The average molecular weight is 406 g/mol. The molecule has 0 saturated carbocycles. The number of methoxy groups -OCH3 is 1. The fourth-order valence-corrected chi connectivity index (χ4v) is 3.58. The number of anilines is 2. The molecule has 0 radical (unpaired) electrons. The molecule has 30 heavy (non-hydrogen) atoms. The van der Waals surface area contributed by atoms with Crippen LogP contribution in [0, 0.1) is 6.92 Å². The smallest absolute Gasteiger partial charge is 0.322 e. The highest BCUT2D eigenvalue weighted by atomic mass is 16.5. The number of carbonyl (C=O) groups excluding carboxylic acids is 2. The summed E-state index contributed by atoms with van der Waals surface area (Å²) < 4.78 is 10.8. The molecule has 154 valence electrons. The van der Waals surface area contributed by atoms with Crippen molar-refractivity contribution in [1.29, 1.82) is 0 Å². The van der Waals surface area contributed by atoms with Gasteiger partial charge < -0.3 is 14.1 Å². The largest absolute Gasteiger partial charge is 0.496 e. The predicted molar refractivity (Wildman–Crippen MR) is 111 cm³/mol. The first-order valence-electron chi connectivity index (χ1n) is 9.65. The number of nitrogens with one attached hydrogen (secondary N) is 1. The van der Waals surface area contributed by atoms with Gasteiger partial charge in [0.15, 0.2) is 0 Å². The van der Waals surface area contributed by atoms with E-state index in [-0.39, 0.29) is 36.6 Å². The Hall–Kier alpha value is -3.68. The maximum atomic E-state index is 12.4. The number of nitrogens with zero attached hydrogens (tertiary/aromatic N) is 3. The van der Waals surface area contributed by atoms with Crippen molar-refractivity contribution in [3.05, 3.63) is 65.5 Å². The molecule has 0 bridgehead atoms. The third-order valence-electron chi connectivity index (χ3n) is 5.05. The van der Waals surface area contributed by atoms with E-state index in [1.165, 1.54) is 0 Å². The van der Waals surface area contributed by atoms with Crippen LogP contribution >= 0.6 is 0 Å². The number of amides is 2. The minimum Gasteiger partial charge on any atom is -0.496 e. The van der Waals surface area contributed by atoms with Crippen LogP contribution in [0.2, 0.25) is 0 Å². The first-order chi connectivity index (χ1) is 14.5. The second kappa shape index (κ2) is 8.36. The summed E-state index contributed by atoms with van der Waals surface area (Å²) in [7, 11) is 1.61. The standard InChI is InChI=1S/C22H22N4O4/c1-14-10-15(8-9-18(14)29-2)11-19(27)23-22-25-24-21(30-22)16-12-20(28)26(13-16)17-6-4-3-5-7-17/h3-10,16H,11-13H2,1-2H3,(H,23,25,27)/t16-/m1/s1. The predicted octanol–water partition coefficient (Wildman–Crippen LogP) is 3.09. The van der Waals surface area contributed by atoms with Crippen molar-refractivity contribution in [1.82, 2.24) is 10.2 Å². The van der Waals surface area contributed by atoms with Crippen molar-refractivity contribution >= 4 is 23.5 Å². The highest BCUT2D eigenvalue weighted by Crippen LogP contribution is 2.31. The Morgan fingerprint density at radius 2 is 2.03 bits per heavy atom. The number of carbonyl (C=O) groups is 2. The van der Waals surface area contributed by atoms with E-state index in [0.717, 1.165) is 22.6 Å². The number of rotatable bonds is 6. The highest BCUT2D eigenvalue weighted by Gasteiger charge is 2.35. The van der Waals surface area contributed by atoms with Gasteiger partial charge in [0.1, 0.15) is 5.75 Å². The lowest BCUT2D eigenvalue weighted by Gasteiger charge is -2.15. The summed E-state index contributed by atoms with van der Waals surface area (Å²) in [5, 5.41) is 10.6. The van der Waals surface area contributed by atoms with Crippen LogP contribution in [0.4, 0.5) is 11.7 Å². The van der Waals surface area contributed by atoms with Crippen molar-refractivity contribution in [2.24, 2.45) is 0 Å². The van der Waals surface area contributed by atoms with Crippen LogP contribution in [0.1, 0.15) is 29.4 Å². The van der Waals surface area contributed by atoms with Crippen molar-refractivity contribution in [3.8, 4) is 5.75 Å². The first-order valence-corrected chi connectivity index (χ1v) is 9.65. The lowest BCUT2D eigenvalue weighted by molar-refractivity contribution is -0.117. The van der Waals surface area contributed by atoms with Crippen LogP contribution < -0.4 is 15.0 Å². The third kappa shape index (κ3) is 4.17. The van der Waals surface area contributed by atoms with E-state index in [0.29, 0.717) is 12.4 Å². The first kappa shape index (κ1) is 19.6. The molecule has 2 aromatic carbocycles. The number of aromatic nitrogens is 2. The van der Waals surface area contributed by atoms with Gasteiger partial charge in [0.2, 0.25) is 17.7 Å². The Balaban J connectivity index is 1.38. The van der Waals surface area contributed by atoms with Gasteiger partial charge >= 0.3 is 6.01 Å². The number of hydrogen-bond donors (Lipinski definition) is 1. The van der Waals surface area contributed by atoms with E-state index in [9.17, 15) is 9.59 Å². The Bertz CT molecular complexity index is 1060. The van der Waals surface area contributed by atoms with E-state index in [2.05, 4.69) is 15.5 Å². The fraction of sp³-hybridized carbons (Fsp3) is 0.273. The van der Waals surface area contributed by atoms with Gasteiger partial charge in [-0.05, 0) is 36.2 Å². The van der Waals surface area contributed by atoms with Gasteiger partial charge in [0, 0.05) is 18.7 Å². The summed E-state index contributed by atoms with van der Waals surface area (Å²) in [6.07, 6.45) is 0.460. The lowest BCUT2D eigenvalue weighted by atomic mass is 10.1. The molecule has 2 heterocycles. The van der Waals surface area contributed by atoms with Crippen LogP contribution in [-0.2, 0) is 16.0 Å². The molecule has 8 heteroatoms. The molecule has 0 aliphatic carbocycles. The van der Waals surface area contributed by atoms with Gasteiger partial charge in [-0.15, -0.1) is 5.10 Å². The van der Waals surface area contributed by atoms with Gasteiger partial charge in [-0.2, -0.15) is 0 Å². The molecule has 1 saturated heterocycles. The number of para-hydroxylation sites is 1. The van der Waals surface area contributed by atoms with Crippen molar-refractivity contribution < 1.29 is 18.7 Å². The van der Waals surface area contributed by atoms with Crippen LogP contribution in [0.25, 0.3) is 0 Å². The molecule has 1 aliphatic rings. The molecule has 8 nitrogen and oxygen atoms in total. The topological polar surface area (TPSA) is 97.6 Å². The molecule has 2 amide bonds. The van der Waals surface area contributed by atoms with Crippen molar-refractivity contribution in [2.45, 2.75) is 25.7 Å². The van der Waals surface area contributed by atoms with Gasteiger partial charge in [-0.25, -0.2) is 0 Å². The Kier molecular flexibility index (Phi) is 5.47. The van der Waals surface area contributed by atoms with Crippen LogP contribution in [0.15, 0.2) is 52.9 Å². The molecule has 0 unspecified atom stereocenters. The van der Waals surface area contributed by atoms with Crippen LogP contribution in [0.3, 0.4) is 0 Å². The van der Waals surface area contributed by atoms with Crippen molar-refractivity contribution in [3.63, 3.8) is 0 Å². The van der Waals surface area contributed by atoms with Crippen LogP contribution in [0.5, 0.6) is 5.75 Å². The maximum Gasteiger partial charge on any atom is 0.322 e. The zero-order valence-electron chi connectivity index (χ0n) is 16.8. The van der Waals surface area contributed by atoms with Gasteiger partial charge in [-0.3, -0.25) is 14.9 Å². The molecule has 3 aromatic rings. The van der Waals surface area contributed by atoms with Crippen LogP contribution in [-0.4, -0.2) is 35.7 Å². The van der Waals surface area contributed by atoms with Gasteiger partial charge in [0.05, 0.1) is 19.4 Å². The Morgan fingerprint density at radius 1 is 1.23 bits per heavy atom. The summed E-state index contributed by atoms with van der Waals surface area (Å²) in [5.41, 5.74) is 2.65. The summed E-state index contributed by atoms with van der Waals surface area (Å²) >= 11 is 0. The average Bonchev–Trinajstić information content (AvgIpc) is 3.35. The monoisotopic (exact) mass is 406 g/mol. The van der Waals surface area contributed by atoms with E-state index in [4.69, 9.17) is 9.15 Å². The van der Waals surface area contributed by atoms with Gasteiger partial charge in [-0.1, -0.05) is 35.4 Å². The summed E-state index contributed by atoms with van der Waals surface area (Å²) in [5.74, 6) is 0.655. The summed E-state index contributed by atoms with van der Waals surface area (Å²) in [6.45, 7) is 2.38. The molecular formula is C22H22N4O4. The normalized spacial score (nSPS) is 16.0. The Labute approximate surface area is 173 Å². The minimum atomic E-state index is -0.261. The number of benzene rings is 2. The van der Waals surface area contributed by atoms with E-state index >= 15 is 0 Å². The zero-order valence-corrected chi connectivity index (χ0v) is 16.8. The zero-order chi connectivity index (χ0) is 21.1. The molecule has 1 N–H and O–H groups in total. The highest BCUT2D eigenvalue weighted by molar-refractivity contribution is 5.96. The maximum absolute atomic E-state index is 12.4. The molecule has 1 atom stereocenters. The SMILES string of the molecule is COc1ccc(CC(=O)Nc2nnc([C@@H]3CC(=O)N(c4ccccc4)C3)o2)cc1C. The number of aryl methyl sites for hydroxylation is 1. The molecule has 1 aromatic heterocycles. The number of ether oxygens (including phenoxy) is 1. The second-order valence-corrected chi connectivity index (χ2v) is 7.22. The number of hydrogen-bond acceptors (Lipinski definition) is 6. The molecule has 4 rings (SSSR count). The third-order valence-corrected chi connectivity index (χ3v) is 5.05. The van der Waals surface area contributed by atoms with E-state index < -0.39 is 0 Å². The van der Waals surface area contributed by atoms with Gasteiger partial charge in [0.25, 0.3) is 0 Å². The quantitative estimate of drug-likeness (QED) is 0.676. The summed E-state index contributed by atoms with van der Waals surface area (Å²) in [6, 6.07) is 15.1. The van der Waals surface area contributed by atoms with E-state index in [1.807, 2.05) is 55.5 Å². The molecule has 1 fully saturated rings. The molecule has 1 aliphatic heterocycles. The molecule has 0 spiro atoms. The van der Waals surface area contributed by atoms with Crippen molar-refractivity contribution in [2.75, 3.05) is 23.9 Å². The summed E-state index contributed by atoms with van der Waals surface area (Å²) in [4.78, 5) is 26.4. The lowest BCUT2D eigenvalue weighted by Crippen LogP contribution is -2.24. The second-order valence-electron chi connectivity index (χ2n) is 7.22. The fourth-order valence-electron chi connectivity index (χ4n) is 3.58. The molecular weight excluding hydrogens is 384 g/mol. The van der Waals surface area contributed by atoms with E-state index in [1.54, 1.807) is 12.0 Å².